The second-order valence-electron chi connectivity index (χ2n) is 8.31. The van der Waals surface area contributed by atoms with E-state index in [1.54, 1.807) is 27.8 Å². The lowest BCUT2D eigenvalue weighted by Gasteiger charge is -2.28. The fourth-order valence-electron chi connectivity index (χ4n) is 3.70. The van der Waals surface area contributed by atoms with Gasteiger partial charge < -0.3 is 24.6 Å². The van der Waals surface area contributed by atoms with Gasteiger partial charge in [0.15, 0.2) is 17.4 Å². The zero-order chi connectivity index (χ0) is 22.1. The van der Waals surface area contributed by atoms with Crippen LogP contribution in [-0.4, -0.2) is 63.9 Å². The average molecular weight is 443 g/mol. The molecule has 12 nitrogen and oxygen atoms in total. The first kappa shape index (κ1) is 21.6. The SMILES string of the molecule is CCC1(O)OP1(=O)OC(C)(C)CC1OC(n2cnc3c(=N)n(C)cnc32)C(O)C1O. The van der Waals surface area contributed by atoms with Crippen LogP contribution in [-0.2, 0) is 25.4 Å². The van der Waals surface area contributed by atoms with Crippen molar-refractivity contribution in [2.45, 2.75) is 69.3 Å². The second-order valence-corrected chi connectivity index (χ2v) is 10.4. The van der Waals surface area contributed by atoms with Crippen molar-refractivity contribution in [1.29, 1.82) is 5.41 Å². The minimum atomic E-state index is -3.65. The predicted molar refractivity (Wildman–Crippen MR) is 102 cm³/mol. The maximum absolute atomic E-state index is 12.5. The lowest BCUT2D eigenvalue weighted by Crippen LogP contribution is -2.37. The van der Waals surface area contributed by atoms with Crippen LogP contribution in [0.5, 0.6) is 0 Å². The Morgan fingerprint density at radius 1 is 1.33 bits per heavy atom. The van der Waals surface area contributed by atoms with Crippen molar-refractivity contribution < 1.29 is 33.7 Å². The highest BCUT2D eigenvalue weighted by molar-refractivity contribution is 7.61. The van der Waals surface area contributed by atoms with Crippen LogP contribution in [0.25, 0.3) is 11.2 Å². The van der Waals surface area contributed by atoms with Crippen LogP contribution in [0.1, 0.15) is 39.8 Å². The summed E-state index contributed by atoms with van der Waals surface area (Å²) < 4.78 is 31.9. The molecule has 2 aliphatic heterocycles. The zero-order valence-corrected chi connectivity index (χ0v) is 18.0. The van der Waals surface area contributed by atoms with Crippen LogP contribution in [0.15, 0.2) is 12.7 Å². The summed E-state index contributed by atoms with van der Waals surface area (Å²) in [7, 11) is -1.98. The molecule has 0 saturated carbocycles. The third-order valence-electron chi connectivity index (χ3n) is 5.49. The number of imidazole rings is 1. The van der Waals surface area contributed by atoms with E-state index in [0.29, 0.717) is 11.2 Å². The molecule has 0 radical (unpaired) electrons. The smallest absolute Gasteiger partial charge is 0.388 e. The first-order valence-corrected chi connectivity index (χ1v) is 11.1. The molecule has 4 heterocycles. The van der Waals surface area contributed by atoms with Crippen LogP contribution in [0.3, 0.4) is 0 Å². The van der Waals surface area contributed by atoms with E-state index in [4.69, 9.17) is 19.2 Å². The van der Waals surface area contributed by atoms with E-state index < -0.39 is 43.3 Å². The van der Waals surface area contributed by atoms with Gasteiger partial charge in [-0.15, -0.1) is 0 Å². The molecular weight excluding hydrogens is 417 g/mol. The van der Waals surface area contributed by atoms with Crippen molar-refractivity contribution >= 4 is 18.8 Å². The van der Waals surface area contributed by atoms with Gasteiger partial charge in [-0.05, 0) is 13.8 Å². The quantitative estimate of drug-likeness (QED) is 0.363. The lowest BCUT2D eigenvalue weighted by molar-refractivity contribution is -0.0586. The number of aliphatic hydroxyl groups excluding tert-OH is 2. The minimum absolute atomic E-state index is 0.0770. The summed E-state index contributed by atoms with van der Waals surface area (Å²) in [5, 5.41) is 39.2. The Morgan fingerprint density at radius 3 is 2.67 bits per heavy atom. The Balaban J connectivity index is 1.53. The molecule has 2 saturated heterocycles. The number of aliphatic hydroxyl groups is 3. The van der Waals surface area contributed by atoms with Gasteiger partial charge in [0.25, 0.3) is 5.53 Å². The molecule has 0 aliphatic carbocycles. The molecule has 4 N–H and O–H groups in total. The van der Waals surface area contributed by atoms with E-state index >= 15 is 0 Å². The summed E-state index contributed by atoms with van der Waals surface area (Å²) in [6.45, 7) is 4.91. The molecule has 6 atom stereocenters. The molecule has 2 aliphatic rings. The third kappa shape index (κ3) is 3.32. The van der Waals surface area contributed by atoms with Crippen LogP contribution >= 0.6 is 7.60 Å². The molecule has 0 aromatic carbocycles. The van der Waals surface area contributed by atoms with Crippen LogP contribution in [0.2, 0.25) is 0 Å². The van der Waals surface area contributed by atoms with Gasteiger partial charge >= 0.3 is 7.60 Å². The normalized spacial score (nSPS) is 36.5. The highest BCUT2D eigenvalue weighted by Crippen LogP contribution is 2.79. The molecular formula is C17H26N5O7P. The lowest BCUT2D eigenvalue weighted by atomic mass is 9.97. The van der Waals surface area contributed by atoms with E-state index in [1.165, 1.54) is 21.8 Å². The molecule has 2 aromatic rings. The predicted octanol–water partition coefficient (Wildman–Crippen LogP) is 0.333. The molecule has 0 spiro atoms. The standard InChI is InChI=1S/C17H26N5O7P/c1-5-17(25)29-30(17,26)28-16(2,3)6-9-11(23)12(24)15(27-9)22-8-19-10-13(18)21(4)7-20-14(10)22/h7-9,11-12,15,18,23-25H,5-6H2,1-4H3. The zero-order valence-electron chi connectivity index (χ0n) is 17.1. The Hall–Kier alpha value is -1.66. The van der Waals surface area contributed by atoms with Gasteiger partial charge in [0, 0.05) is 19.9 Å². The molecule has 30 heavy (non-hydrogen) atoms. The van der Waals surface area contributed by atoms with Gasteiger partial charge in [0.05, 0.1) is 24.4 Å². The number of rotatable bonds is 6. The van der Waals surface area contributed by atoms with Crippen molar-refractivity contribution in [1.82, 2.24) is 19.1 Å². The van der Waals surface area contributed by atoms with Crippen molar-refractivity contribution in [3.63, 3.8) is 0 Å². The highest BCUT2D eigenvalue weighted by Gasteiger charge is 2.70. The second kappa shape index (κ2) is 6.92. The van der Waals surface area contributed by atoms with E-state index in [9.17, 15) is 19.9 Å². The van der Waals surface area contributed by atoms with E-state index in [2.05, 4.69) is 9.97 Å². The number of ether oxygens (including phenoxy) is 1. The maximum Gasteiger partial charge on any atom is 0.393 e. The van der Waals surface area contributed by atoms with E-state index in [-0.39, 0.29) is 18.3 Å². The van der Waals surface area contributed by atoms with Crippen molar-refractivity contribution in [3.05, 3.63) is 18.1 Å². The van der Waals surface area contributed by atoms with Crippen molar-refractivity contribution in [3.8, 4) is 0 Å². The number of hydrogen-bond acceptors (Lipinski definition) is 10. The number of nitrogens with one attached hydrogen (secondary N) is 1. The van der Waals surface area contributed by atoms with E-state index in [1.807, 2.05) is 0 Å². The first-order valence-electron chi connectivity index (χ1n) is 9.60. The molecule has 0 bridgehead atoms. The van der Waals surface area contributed by atoms with Crippen LogP contribution < -0.4 is 5.49 Å². The monoisotopic (exact) mass is 443 g/mol. The summed E-state index contributed by atoms with van der Waals surface area (Å²) >= 11 is 0. The minimum Gasteiger partial charge on any atom is -0.388 e. The molecule has 4 rings (SSSR count). The van der Waals surface area contributed by atoms with Gasteiger partial charge in [0.2, 0.25) is 0 Å². The average Bonchev–Trinajstić information content (AvgIpc) is 2.95. The summed E-state index contributed by atoms with van der Waals surface area (Å²) in [4.78, 5) is 8.43. The Kier molecular flexibility index (Phi) is 4.98. The molecule has 166 valence electrons. The number of aryl methyl sites for hydroxylation is 1. The number of nitrogens with zero attached hydrogens (tertiary/aromatic N) is 4. The molecule has 13 heteroatoms. The third-order valence-corrected chi connectivity index (χ3v) is 7.87. The van der Waals surface area contributed by atoms with Crippen LogP contribution in [0, 0.1) is 5.41 Å². The number of hydrogen-bond donors (Lipinski definition) is 4. The van der Waals surface area contributed by atoms with Gasteiger partial charge in [-0.25, -0.2) is 9.97 Å². The molecule has 6 unspecified atom stereocenters. The largest absolute Gasteiger partial charge is 0.393 e. The van der Waals surface area contributed by atoms with Gasteiger partial charge in [-0.1, -0.05) is 6.92 Å². The number of fused-ring (bicyclic) bond motifs is 1. The van der Waals surface area contributed by atoms with Crippen LogP contribution in [0.4, 0.5) is 0 Å². The highest BCUT2D eigenvalue weighted by atomic mass is 31.2. The number of aromatic nitrogens is 4. The fraction of sp³-hybridized carbons (Fsp3) is 0.706. The summed E-state index contributed by atoms with van der Waals surface area (Å²) in [6, 6.07) is 0. The summed E-state index contributed by atoms with van der Waals surface area (Å²) in [5.74, 6) is 0. The van der Waals surface area contributed by atoms with Gasteiger partial charge in [-0.3, -0.25) is 23.6 Å². The molecule has 2 aromatic heterocycles. The first-order chi connectivity index (χ1) is 13.9. The fourth-order valence-corrected chi connectivity index (χ4v) is 5.66. The van der Waals surface area contributed by atoms with Crippen molar-refractivity contribution in [2.24, 2.45) is 7.05 Å². The van der Waals surface area contributed by atoms with E-state index in [0.717, 1.165) is 0 Å². The Labute approximate surface area is 172 Å². The summed E-state index contributed by atoms with van der Waals surface area (Å²) in [6.07, 6.45) is -1.31. The summed E-state index contributed by atoms with van der Waals surface area (Å²) in [5.41, 5.74) is -2.02. The Bertz CT molecular complexity index is 1080. The maximum atomic E-state index is 12.5. The topological polar surface area (TPSA) is 168 Å². The van der Waals surface area contributed by atoms with Gasteiger partial charge in [-0.2, -0.15) is 0 Å². The molecule has 0 amide bonds. The van der Waals surface area contributed by atoms with Crippen molar-refractivity contribution in [2.75, 3.05) is 0 Å². The molecule has 2 fully saturated rings. The Morgan fingerprint density at radius 2 is 2.03 bits per heavy atom. The van der Waals surface area contributed by atoms with Gasteiger partial charge in [0.1, 0.15) is 17.7 Å².